The van der Waals surface area contributed by atoms with Crippen LogP contribution < -0.4 is 10.6 Å². The first-order valence-corrected chi connectivity index (χ1v) is 9.24. The molecule has 1 aliphatic rings. The first kappa shape index (κ1) is 17.0. The summed E-state index contributed by atoms with van der Waals surface area (Å²) >= 11 is 1.82. The maximum absolute atomic E-state index is 5.95. The third-order valence-electron chi connectivity index (χ3n) is 4.32. The highest BCUT2D eigenvalue weighted by molar-refractivity contribution is 7.11. The number of hydrogen-bond acceptors (Lipinski definition) is 3. The Morgan fingerprint density at radius 1 is 1.21 bits per heavy atom. The van der Waals surface area contributed by atoms with E-state index in [9.17, 15) is 0 Å². The molecule has 2 N–H and O–H groups in total. The van der Waals surface area contributed by atoms with Crippen molar-refractivity contribution in [3.63, 3.8) is 0 Å². The standard InChI is InChI=1S/C19H25N3OS/c1-14-8-9-17(24-14)13-22-19(20-2)21-12-16-10-11-23-18(16)15-6-4-3-5-7-15/h3-9,16,18H,10-13H2,1-2H3,(H2,20,21,22). The Morgan fingerprint density at radius 3 is 2.75 bits per heavy atom. The monoisotopic (exact) mass is 343 g/mol. The average molecular weight is 343 g/mol. The van der Waals surface area contributed by atoms with Crippen LogP contribution in [0.1, 0.15) is 27.8 Å². The Labute approximate surface area is 148 Å². The van der Waals surface area contributed by atoms with Gasteiger partial charge in [0.25, 0.3) is 0 Å². The van der Waals surface area contributed by atoms with Crippen molar-refractivity contribution < 1.29 is 4.74 Å². The summed E-state index contributed by atoms with van der Waals surface area (Å²) in [6.07, 6.45) is 1.25. The van der Waals surface area contributed by atoms with E-state index in [2.05, 4.69) is 58.9 Å². The number of rotatable bonds is 5. The molecular weight excluding hydrogens is 318 g/mol. The Hall–Kier alpha value is -1.85. The summed E-state index contributed by atoms with van der Waals surface area (Å²) in [5.41, 5.74) is 1.26. The van der Waals surface area contributed by atoms with Crippen molar-refractivity contribution in [1.29, 1.82) is 0 Å². The molecule has 4 nitrogen and oxygen atoms in total. The van der Waals surface area contributed by atoms with E-state index in [1.54, 1.807) is 0 Å². The van der Waals surface area contributed by atoms with Crippen LogP contribution in [-0.2, 0) is 11.3 Å². The molecule has 2 aromatic rings. The molecule has 1 aliphatic heterocycles. The molecule has 1 saturated heterocycles. The predicted octanol–water partition coefficient (Wildman–Crippen LogP) is 3.50. The summed E-state index contributed by atoms with van der Waals surface area (Å²) in [5.74, 6) is 1.31. The largest absolute Gasteiger partial charge is 0.373 e. The zero-order valence-electron chi connectivity index (χ0n) is 14.3. The van der Waals surface area contributed by atoms with E-state index in [-0.39, 0.29) is 6.10 Å². The Kier molecular flexibility index (Phi) is 5.88. The smallest absolute Gasteiger partial charge is 0.191 e. The van der Waals surface area contributed by atoms with Gasteiger partial charge in [-0.3, -0.25) is 4.99 Å². The topological polar surface area (TPSA) is 45.7 Å². The molecule has 0 radical (unpaired) electrons. The van der Waals surface area contributed by atoms with Crippen molar-refractivity contribution in [3.05, 3.63) is 57.8 Å². The number of aliphatic imine (C=N–C) groups is 1. The average Bonchev–Trinajstić information content (AvgIpc) is 3.25. The molecule has 0 amide bonds. The number of aryl methyl sites for hydroxylation is 1. The number of nitrogens with zero attached hydrogens (tertiary/aromatic N) is 1. The second kappa shape index (κ2) is 8.31. The lowest BCUT2D eigenvalue weighted by molar-refractivity contribution is 0.0915. The van der Waals surface area contributed by atoms with Gasteiger partial charge in [-0.15, -0.1) is 11.3 Å². The number of guanidine groups is 1. The van der Waals surface area contributed by atoms with E-state index >= 15 is 0 Å². The lowest BCUT2D eigenvalue weighted by Crippen LogP contribution is -2.39. The van der Waals surface area contributed by atoms with Gasteiger partial charge >= 0.3 is 0 Å². The van der Waals surface area contributed by atoms with Crippen molar-refractivity contribution >= 4 is 17.3 Å². The number of benzene rings is 1. The van der Waals surface area contributed by atoms with Crippen molar-refractivity contribution in [2.75, 3.05) is 20.2 Å². The Bertz CT molecular complexity index is 668. The van der Waals surface area contributed by atoms with Crippen LogP contribution >= 0.6 is 11.3 Å². The third-order valence-corrected chi connectivity index (χ3v) is 5.32. The second-order valence-electron chi connectivity index (χ2n) is 6.07. The van der Waals surface area contributed by atoms with Crippen molar-refractivity contribution in [3.8, 4) is 0 Å². The second-order valence-corrected chi connectivity index (χ2v) is 7.44. The molecule has 0 spiro atoms. The highest BCUT2D eigenvalue weighted by Gasteiger charge is 2.29. The molecule has 0 bridgehead atoms. The van der Waals surface area contributed by atoms with Gasteiger partial charge in [0.05, 0.1) is 12.6 Å². The van der Waals surface area contributed by atoms with E-state index in [1.807, 2.05) is 24.5 Å². The molecule has 24 heavy (non-hydrogen) atoms. The molecule has 2 heterocycles. The van der Waals surface area contributed by atoms with E-state index in [0.29, 0.717) is 5.92 Å². The highest BCUT2D eigenvalue weighted by Crippen LogP contribution is 2.33. The summed E-state index contributed by atoms with van der Waals surface area (Å²) < 4.78 is 5.95. The van der Waals surface area contributed by atoms with Crippen LogP contribution in [0.4, 0.5) is 0 Å². The maximum atomic E-state index is 5.95. The van der Waals surface area contributed by atoms with Gasteiger partial charge in [0.15, 0.2) is 5.96 Å². The number of nitrogens with one attached hydrogen (secondary N) is 2. The zero-order chi connectivity index (χ0) is 16.8. The van der Waals surface area contributed by atoms with Crippen molar-refractivity contribution in [2.45, 2.75) is 26.0 Å². The Morgan fingerprint density at radius 2 is 2.04 bits per heavy atom. The molecule has 0 aliphatic carbocycles. The SMILES string of the molecule is CN=C(NCc1ccc(C)s1)NCC1CCOC1c1ccccc1. The lowest BCUT2D eigenvalue weighted by Gasteiger charge is -2.20. The van der Waals surface area contributed by atoms with Gasteiger partial charge in [-0.25, -0.2) is 0 Å². The predicted molar refractivity (Wildman–Crippen MR) is 100 cm³/mol. The van der Waals surface area contributed by atoms with Crippen LogP contribution in [0, 0.1) is 12.8 Å². The van der Waals surface area contributed by atoms with Gasteiger partial charge in [0.2, 0.25) is 0 Å². The van der Waals surface area contributed by atoms with Gasteiger partial charge < -0.3 is 15.4 Å². The molecule has 3 rings (SSSR count). The molecule has 1 fully saturated rings. The van der Waals surface area contributed by atoms with Crippen LogP contribution in [0.3, 0.4) is 0 Å². The molecule has 1 aromatic carbocycles. The maximum Gasteiger partial charge on any atom is 0.191 e. The normalized spacial score (nSPS) is 21.0. The van der Waals surface area contributed by atoms with Crippen LogP contribution in [0.5, 0.6) is 0 Å². The van der Waals surface area contributed by atoms with Gasteiger partial charge in [-0.2, -0.15) is 0 Å². The fraction of sp³-hybridized carbons (Fsp3) is 0.421. The van der Waals surface area contributed by atoms with Gasteiger partial charge in [-0.1, -0.05) is 30.3 Å². The minimum atomic E-state index is 0.178. The lowest BCUT2D eigenvalue weighted by atomic mass is 9.95. The van der Waals surface area contributed by atoms with E-state index in [1.165, 1.54) is 15.3 Å². The van der Waals surface area contributed by atoms with Crippen LogP contribution in [0.25, 0.3) is 0 Å². The molecule has 5 heteroatoms. The first-order valence-electron chi connectivity index (χ1n) is 8.42. The van der Waals surface area contributed by atoms with Crippen molar-refractivity contribution in [1.82, 2.24) is 10.6 Å². The summed E-state index contributed by atoms with van der Waals surface area (Å²) in [5, 5.41) is 6.84. The molecular formula is C19H25N3OS. The van der Waals surface area contributed by atoms with E-state index in [4.69, 9.17) is 4.74 Å². The van der Waals surface area contributed by atoms with Crippen molar-refractivity contribution in [2.24, 2.45) is 10.9 Å². The van der Waals surface area contributed by atoms with Crippen LogP contribution in [-0.4, -0.2) is 26.2 Å². The third kappa shape index (κ3) is 4.36. The number of hydrogen-bond donors (Lipinski definition) is 2. The summed E-state index contributed by atoms with van der Waals surface area (Å²) in [4.78, 5) is 6.98. The number of thiophene rings is 1. The van der Waals surface area contributed by atoms with Gasteiger partial charge in [0, 0.05) is 35.9 Å². The molecule has 2 unspecified atom stereocenters. The fourth-order valence-electron chi connectivity index (χ4n) is 3.05. The number of ether oxygens (including phenoxy) is 1. The highest BCUT2D eigenvalue weighted by atomic mass is 32.1. The molecule has 2 atom stereocenters. The minimum Gasteiger partial charge on any atom is -0.373 e. The first-order chi connectivity index (χ1) is 11.8. The van der Waals surface area contributed by atoms with Gasteiger partial charge in [-0.05, 0) is 31.0 Å². The summed E-state index contributed by atoms with van der Waals surface area (Å²) in [7, 11) is 1.81. The summed E-state index contributed by atoms with van der Waals surface area (Å²) in [6, 6.07) is 14.8. The molecule has 1 aromatic heterocycles. The molecule has 0 saturated carbocycles. The van der Waals surface area contributed by atoms with Gasteiger partial charge in [0.1, 0.15) is 0 Å². The van der Waals surface area contributed by atoms with E-state index < -0.39 is 0 Å². The zero-order valence-corrected chi connectivity index (χ0v) is 15.1. The van der Waals surface area contributed by atoms with Crippen LogP contribution in [0.2, 0.25) is 0 Å². The quantitative estimate of drug-likeness (QED) is 0.645. The van der Waals surface area contributed by atoms with Crippen LogP contribution in [0.15, 0.2) is 47.5 Å². The fourth-order valence-corrected chi connectivity index (χ4v) is 3.88. The minimum absolute atomic E-state index is 0.178. The summed E-state index contributed by atoms with van der Waals surface area (Å²) in [6.45, 7) is 4.63. The Balaban J connectivity index is 1.51. The van der Waals surface area contributed by atoms with E-state index in [0.717, 1.165) is 32.1 Å². The molecule has 128 valence electrons.